The van der Waals surface area contributed by atoms with Crippen molar-refractivity contribution in [3.05, 3.63) is 46.2 Å². The summed E-state index contributed by atoms with van der Waals surface area (Å²) in [4.78, 5) is 17.3. The zero-order valence-corrected chi connectivity index (χ0v) is 12.8. The molecular formula is C15H18FN3OS. The first-order valence-electron chi connectivity index (χ1n) is 6.82. The molecule has 1 amide bonds. The van der Waals surface area contributed by atoms with Crippen LogP contribution in [-0.2, 0) is 11.2 Å². The van der Waals surface area contributed by atoms with E-state index in [4.69, 9.17) is 0 Å². The third kappa shape index (κ3) is 4.34. The van der Waals surface area contributed by atoms with Gasteiger partial charge >= 0.3 is 0 Å². The molecule has 2 rings (SSSR count). The van der Waals surface area contributed by atoms with E-state index in [2.05, 4.69) is 22.5 Å². The van der Waals surface area contributed by atoms with Crippen molar-refractivity contribution < 1.29 is 9.18 Å². The lowest BCUT2D eigenvalue weighted by Crippen LogP contribution is -2.30. The molecule has 0 fully saturated rings. The SMILES string of the molecule is CCc1cnc(C(C)NCC(=O)Nc2ccccc2F)s1. The molecule has 2 N–H and O–H groups in total. The summed E-state index contributed by atoms with van der Waals surface area (Å²) >= 11 is 1.63. The van der Waals surface area contributed by atoms with Gasteiger partial charge in [-0.05, 0) is 25.5 Å². The number of thiazole rings is 1. The van der Waals surface area contributed by atoms with Crippen LogP contribution in [0.25, 0.3) is 0 Å². The number of aromatic nitrogens is 1. The minimum atomic E-state index is -0.439. The lowest BCUT2D eigenvalue weighted by Gasteiger charge is -2.11. The van der Waals surface area contributed by atoms with E-state index < -0.39 is 5.82 Å². The van der Waals surface area contributed by atoms with Crippen LogP contribution in [0.1, 0.15) is 29.8 Å². The lowest BCUT2D eigenvalue weighted by atomic mass is 10.3. The first-order chi connectivity index (χ1) is 10.1. The molecule has 0 bridgehead atoms. The van der Waals surface area contributed by atoms with Gasteiger partial charge in [0.05, 0.1) is 18.3 Å². The number of carbonyl (C=O) groups is 1. The molecule has 21 heavy (non-hydrogen) atoms. The van der Waals surface area contributed by atoms with E-state index in [1.54, 1.807) is 23.5 Å². The highest BCUT2D eigenvalue weighted by Crippen LogP contribution is 2.20. The number of aryl methyl sites for hydroxylation is 1. The largest absolute Gasteiger partial charge is 0.322 e. The van der Waals surface area contributed by atoms with Crippen LogP contribution in [-0.4, -0.2) is 17.4 Å². The fourth-order valence-corrected chi connectivity index (χ4v) is 2.66. The predicted octanol–water partition coefficient (Wildman–Crippen LogP) is 3.13. The van der Waals surface area contributed by atoms with Crippen molar-refractivity contribution >= 4 is 22.9 Å². The summed E-state index contributed by atoms with van der Waals surface area (Å²) in [6, 6.07) is 6.09. The van der Waals surface area contributed by atoms with E-state index in [1.165, 1.54) is 17.0 Å². The third-order valence-electron chi connectivity index (χ3n) is 3.01. The maximum atomic E-state index is 13.4. The molecule has 6 heteroatoms. The van der Waals surface area contributed by atoms with Crippen molar-refractivity contribution in [3.8, 4) is 0 Å². The van der Waals surface area contributed by atoms with Gasteiger partial charge in [-0.1, -0.05) is 19.1 Å². The Morgan fingerprint density at radius 3 is 2.86 bits per heavy atom. The molecule has 1 aromatic heterocycles. The van der Waals surface area contributed by atoms with Crippen molar-refractivity contribution in [1.29, 1.82) is 0 Å². The number of hydrogen-bond donors (Lipinski definition) is 2. The normalized spacial score (nSPS) is 12.1. The maximum Gasteiger partial charge on any atom is 0.238 e. The highest BCUT2D eigenvalue weighted by Gasteiger charge is 2.12. The lowest BCUT2D eigenvalue weighted by molar-refractivity contribution is -0.115. The molecule has 0 saturated heterocycles. The Morgan fingerprint density at radius 2 is 2.19 bits per heavy atom. The first-order valence-corrected chi connectivity index (χ1v) is 7.64. The smallest absolute Gasteiger partial charge is 0.238 e. The van der Waals surface area contributed by atoms with Gasteiger partial charge in [0.25, 0.3) is 0 Å². The van der Waals surface area contributed by atoms with Crippen LogP contribution >= 0.6 is 11.3 Å². The van der Waals surface area contributed by atoms with E-state index in [9.17, 15) is 9.18 Å². The molecule has 0 spiro atoms. The number of nitrogens with zero attached hydrogens (tertiary/aromatic N) is 1. The Morgan fingerprint density at radius 1 is 1.43 bits per heavy atom. The van der Waals surface area contributed by atoms with Gasteiger partial charge in [-0.15, -0.1) is 11.3 Å². The van der Waals surface area contributed by atoms with Crippen LogP contribution in [0.3, 0.4) is 0 Å². The minimum absolute atomic E-state index is 0.0123. The van der Waals surface area contributed by atoms with Gasteiger partial charge in [0.2, 0.25) is 5.91 Å². The number of anilines is 1. The maximum absolute atomic E-state index is 13.4. The second kappa shape index (κ2) is 7.28. The first kappa shape index (κ1) is 15.6. The average molecular weight is 307 g/mol. The molecule has 1 aromatic carbocycles. The molecule has 112 valence electrons. The van der Waals surface area contributed by atoms with Gasteiger partial charge in [0, 0.05) is 11.1 Å². The van der Waals surface area contributed by atoms with Crippen molar-refractivity contribution in [3.63, 3.8) is 0 Å². The second-order valence-electron chi connectivity index (χ2n) is 4.65. The van der Waals surface area contributed by atoms with Gasteiger partial charge in [-0.3, -0.25) is 10.1 Å². The molecule has 2 aromatic rings. The molecule has 1 unspecified atom stereocenters. The van der Waals surface area contributed by atoms with Crippen LogP contribution in [0.15, 0.2) is 30.5 Å². The molecule has 0 aliphatic carbocycles. The topological polar surface area (TPSA) is 54.0 Å². The van der Waals surface area contributed by atoms with Crippen molar-refractivity contribution in [2.24, 2.45) is 0 Å². The van der Waals surface area contributed by atoms with Gasteiger partial charge < -0.3 is 5.32 Å². The second-order valence-corrected chi connectivity index (χ2v) is 5.80. The molecule has 0 saturated carbocycles. The van der Waals surface area contributed by atoms with Gasteiger partial charge in [0.15, 0.2) is 0 Å². The summed E-state index contributed by atoms with van der Waals surface area (Å²) in [5.41, 5.74) is 0.194. The summed E-state index contributed by atoms with van der Waals surface area (Å²) in [6.45, 7) is 4.14. The van der Waals surface area contributed by atoms with Crippen molar-refractivity contribution in [2.75, 3.05) is 11.9 Å². The van der Waals surface area contributed by atoms with E-state index in [0.29, 0.717) is 0 Å². The zero-order chi connectivity index (χ0) is 15.2. The summed E-state index contributed by atoms with van der Waals surface area (Å²) in [6.07, 6.45) is 2.82. The molecule has 1 atom stereocenters. The summed E-state index contributed by atoms with van der Waals surface area (Å²) in [5.74, 6) is -0.717. The highest BCUT2D eigenvalue weighted by atomic mass is 32.1. The Balaban J connectivity index is 1.85. The molecule has 0 radical (unpaired) electrons. The van der Waals surface area contributed by atoms with E-state index in [0.717, 1.165) is 11.4 Å². The number of nitrogens with one attached hydrogen (secondary N) is 2. The standard InChI is InChI=1S/C15H18FN3OS/c1-3-11-8-18-15(21-11)10(2)17-9-14(20)19-13-7-5-4-6-12(13)16/h4-8,10,17H,3,9H2,1-2H3,(H,19,20). The number of amides is 1. The Labute approximate surface area is 127 Å². The van der Waals surface area contributed by atoms with Crippen molar-refractivity contribution in [1.82, 2.24) is 10.3 Å². The highest BCUT2D eigenvalue weighted by molar-refractivity contribution is 7.11. The zero-order valence-electron chi connectivity index (χ0n) is 12.0. The predicted molar refractivity (Wildman–Crippen MR) is 82.9 cm³/mol. The quantitative estimate of drug-likeness (QED) is 0.862. The molecule has 0 aliphatic heterocycles. The van der Waals surface area contributed by atoms with Gasteiger partial charge in [0.1, 0.15) is 10.8 Å². The van der Waals surface area contributed by atoms with Crippen LogP contribution in [0.5, 0.6) is 0 Å². The number of carbonyl (C=O) groups excluding carboxylic acids is 1. The van der Waals surface area contributed by atoms with Crippen LogP contribution in [0.4, 0.5) is 10.1 Å². The summed E-state index contributed by atoms with van der Waals surface area (Å²) in [5, 5.41) is 6.58. The number of halogens is 1. The molecule has 1 heterocycles. The minimum Gasteiger partial charge on any atom is -0.322 e. The monoisotopic (exact) mass is 307 g/mol. The average Bonchev–Trinajstić information content (AvgIpc) is 2.96. The Bertz CT molecular complexity index is 614. The van der Waals surface area contributed by atoms with Crippen LogP contribution < -0.4 is 10.6 Å². The summed E-state index contributed by atoms with van der Waals surface area (Å²) in [7, 11) is 0. The van der Waals surface area contributed by atoms with Crippen LogP contribution in [0.2, 0.25) is 0 Å². The van der Waals surface area contributed by atoms with Crippen molar-refractivity contribution in [2.45, 2.75) is 26.3 Å². The number of hydrogen-bond acceptors (Lipinski definition) is 4. The number of rotatable bonds is 6. The van der Waals surface area contributed by atoms with Gasteiger partial charge in [-0.25, -0.2) is 9.37 Å². The number of benzene rings is 1. The Kier molecular flexibility index (Phi) is 5.41. The van der Waals surface area contributed by atoms with Crippen LogP contribution in [0, 0.1) is 5.82 Å². The molecule has 4 nitrogen and oxygen atoms in total. The third-order valence-corrected chi connectivity index (χ3v) is 4.33. The fourth-order valence-electron chi connectivity index (χ4n) is 1.78. The van der Waals surface area contributed by atoms with E-state index in [-0.39, 0.29) is 24.2 Å². The summed E-state index contributed by atoms with van der Waals surface area (Å²) < 4.78 is 13.4. The van der Waals surface area contributed by atoms with E-state index >= 15 is 0 Å². The fraction of sp³-hybridized carbons (Fsp3) is 0.333. The Hall–Kier alpha value is -1.79. The molecular weight excluding hydrogens is 289 g/mol. The van der Waals surface area contributed by atoms with E-state index in [1.807, 2.05) is 13.1 Å². The number of para-hydroxylation sites is 1. The molecule has 0 aliphatic rings. The van der Waals surface area contributed by atoms with Gasteiger partial charge in [-0.2, -0.15) is 0 Å².